The van der Waals surface area contributed by atoms with Crippen LogP contribution in [0.1, 0.15) is 19.3 Å². The largest absolute Gasteiger partial charge is 0.481 e. The zero-order valence-electron chi connectivity index (χ0n) is 9.14. The van der Waals surface area contributed by atoms with Gasteiger partial charge >= 0.3 is 29.9 Å². The zero-order valence-corrected chi connectivity index (χ0v) is 9.14. The van der Waals surface area contributed by atoms with Gasteiger partial charge in [0.05, 0.1) is 5.92 Å². The monoisotopic (exact) mass is 294 g/mol. The molecule has 0 aliphatic heterocycles. The summed E-state index contributed by atoms with van der Waals surface area (Å²) in [4.78, 5) is 21.4. The third kappa shape index (κ3) is 3.10. The summed E-state index contributed by atoms with van der Waals surface area (Å²) in [6.07, 6.45) is -14.3. The van der Waals surface area contributed by atoms with Crippen molar-refractivity contribution in [3.8, 4) is 0 Å². The van der Waals surface area contributed by atoms with Crippen LogP contribution in [-0.2, 0) is 14.3 Å². The molecule has 4 nitrogen and oxygen atoms in total. The topological polar surface area (TPSA) is 63.6 Å². The minimum absolute atomic E-state index is 0.123. The van der Waals surface area contributed by atoms with Crippen molar-refractivity contribution in [2.45, 2.75) is 37.2 Å². The fraction of sp³-hybridized carbons (Fsp3) is 0.778. The Morgan fingerprint density at radius 2 is 1.47 bits per heavy atom. The van der Waals surface area contributed by atoms with Gasteiger partial charge in [0.2, 0.25) is 0 Å². The van der Waals surface area contributed by atoms with Crippen LogP contribution in [-0.4, -0.2) is 35.0 Å². The molecule has 0 amide bonds. The first-order chi connectivity index (χ1) is 8.41. The molecule has 0 unspecified atom stereocenters. The molecular weight excluding hydrogens is 286 g/mol. The third-order valence-corrected chi connectivity index (χ3v) is 2.50. The second-order valence-electron chi connectivity index (χ2n) is 4.09. The van der Waals surface area contributed by atoms with Crippen LogP contribution in [0.3, 0.4) is 0 Å². The van der Waals surface area contributed by atoms with Crippen LogP contribution in [0.15, 0.2) is 0 Å². The van der Waals surface area contributed by atoms with Crippen LogP contribution >= 0.6 is 0 Å². The first kappa shape index (κ1) is 15.6. The standard InChI is InChI=1S/C9H8F6O4/c10-8(11,12)7(3-5(16)17,9(13,14)15)19-6(18)4-1-2-4/h4H,1-3H2,(H,16,17). The molecule has 0 aromatic rings. The number of esters is 1. The fourth-order valence-corrected chi connectivity index (χ4v) is 1.30. The number of alkyl halides is 6. The minimum atomic E-state index is -6.08. The van der Waals surface area contributed by atoms with Crippen LogP contribution in [0.2, 0.25) is 0 Å². The number of aliphatic carboxylic acids is 1. The van der Waals surface area contributed by atoms with Crippen molar-refractivity contribution in [3.05, 3.63) is 0 Å². The summed E-state index contributed by atoms with van der Waals surface area (Å²) in [5, 5.41) is 8.25. The number of hydrogen-bond donors (Lipinski definition) is 1. The lowest BCUT2D eigenvalue weighted by Gasteiger charge is -2.35. The zero-order chi connectivity index (χ0) is 15.1. The summed E-state index contributed by atoms with van der Waals surface area (Å²) in [7, 11) is 0. The molecule has 0 bridgehead atoms. The average Bonchev–Trinajstić information content (AvgIpc) is 2.94. The number of hydrogen-bond acceptors (Lipinski definition) is 3. The van der Waals surface area contributed by atoms with E-state index < -0.39 is 42.2 Å². The normalized spacial score (nSPS) is 17.2. The highest BCUT2D eigenvalue weighted by atomic mass is 19.4. The van der Waals surface area contributed by atoms with Crippen LogP contribution in [0, 0.1) is 5.92 Å². The Morgan fingerprint density at radius 1 is 1.05 bits per heavy atom. The van der Waals surface area contributed by atoms with Crippen molar-refractivity contribution in [3.63, 3.8) is 0 Å². The van der Waals surface area contributed by atoms with E-state index in [-0.39, 0.29) is 12.8 Å². The van der Waals surface area contributed by atoms with E-state index in [1.165, 1.54) is 0 Å². The molecule has 1 rings (SSSR count). The predicted molar refractivity (Wildman–Crippen MR) is 45.9 cm³/mol. The van der Waals surface area contributed by atoms with Gasteiger partial charge in [0.15, 0.2) is 0 Å². The van der Waals surface area contributed by atoms with E-state index in [1.807, 2.05) is 0 Å². The molecule has 10 heteroatoms. The summed E-state index contributed by atoms with van der Waals surface area (Å²) in [5.41, 5.74) is -5.01. The molecule has 1 saturated carbocycles. The lowest BCUT2D eigenvalue weighted by Crippen LogP contribution is -2.60. The molecule has 0 spiro atoms. The highest BCUT2D eigenvalue weighted by Crippen LogP contribution is 2.49. The highest BCUT2D eigenvalue weighted by Gasteiger charge is 2.75. The first-order valence-electron chi connectivity index (χ1n) is 4.99. The van der Waals surface area contributed by atoms with Gasteiger partial charge in [-0.05, 0) is 12.8 Å². The van der Waals surface area contributed by atoms with Gasteiger partial charge in [0.25, 0.3) is 0 Å². The van der Waals surface area contributed by atoms with Gasteiger partial charge in [0.1, 0.15) is 6.42 Å². The van der Waals surface area contributed by atoms with E-state index in [0.29, 0.717) is 0 Å². The Balaban J connectivity index is 3.17. The molecule has 0 heterocycles. The summed E-state index contributed by atoms with van der Waals surface area (Å²) in [5.74, 6) is -5.09. The van der Waals surface area contributed by atoms with Gasteiger partial charge < -0.3 is 9.84 Å². The number of ether oxygens (including phenoxy) is 1. The number of carboxylic acid groups (broad SMARTS) is 1. The van der Waals surface area contributed by atoms with E-state index in [9.17, 15) is 35.9 Å². The smallest absolute Gasteiger partial charge is 0.438 e. The molecule has 1 aliphatic rings. The summed E-state index contributed by atoms with van der Waals surface area (Å²) in [6.45, 7) is 0. The van der Waals surface area contributed by atoms with Crippen molar-refractivity contribution < 1.29 is 45.8 Å². The van der Waals surface area contributed by atoms with E-state index in [0.717, 1.165) is 0 Å². The third-order valence-electron chi connectivity index (χ3n) is 2.50. The number of carbonyl (C=O) groups is 2. The van der Waals surface area contributed by atoms with Gasteiger partial charge in [-0.25, -0.2) is 0 Å². The van der Waals surface area contributed by atoms with E-state index >= 15 is 0 Å². The van der Waals surface area contributed by atoms with Crippen LogP contribution in [0.25, 0.3) is 0 Å². The maximum Gasteiger partial charge on any atom is 0.438 e. The number of carboxylic acids is 1. The van der Waals surface area contributed by atoms with Crippen LogP contribution < -0.4 is 0 Å². The molecule has 1 fully saturated rings. The number of rotatable bonds is 4. The lowest BCUT2D eigenvalue weighted by atomic mass is 9.97. The van der Waals surface area contributed by atoms with Gasteiger partial charge in [-0.2, -0.15) is 26.3 Å². The lowest BCUT2D eigenvalue weighted by molar-refractivity contribution is -0.370. The summed E-state index contributed by atoms with van der Waals surface area (Å²) in [6, 6.07) is 0. The van der Waals surface area contributed by atoms with Crippen molar-refractivity contribution in [2.24, 2.45) is 5.92 Å². The average molecular weight is 294 g/mol. The molecule has 110 valence electrons. The highest BCUT2D eigenvalue weighted by molar-refractivity contribution is 5.76. The van der Waals surface area contributed by atoms with Crippen molar-refractivity contribution in [2.75, 3.05) is 0 Å². The molecule has 0 radical (unpaired) electrons. The van der Waals surface area contributed by atoms with Crippen molar-refractivity contribution in [1.82, 2.24) is 0 Å². The predicted octanol–water partition coefficient (Wildman–Crippen LogP) is 2.28. The van der Waals surface area contributed by atoms with Gasteiger partial charge in [-0.15, -0.1) is 0 Å². The first-order valence-corrected chi connectivity index (χ1v) is 4.99. The minimum Gasteiger partial charge on any atom is -0.481 e. The van der Waals surface area contributed by atoms with E-state index in [2.05, 4.69) is 4.74 Å². The number of carbonyl (C=O) groups excluding carboxylic acids is 1. The maximum atomic E-state index is 12.6. The second-order valence-corrected chi connectivity index (χ2v) is 4.09. The van der Waals surface area contributed by atoms with Crippen LogP contribution in [0.5, 0.6) is 0 Å². The van der Waals surface area contributed by atoms with Gasteiger partial charge in [-0.1, -0.05) is 0 Å². The summed E-state index contributed by atoms with van der Waals surface area (Å²) < 4.78 is 79.2. The molecule has 19 heavy (non-hydrogen) atoms. The Kier molecular flexibility index (Phi) is 3.74. The van der Waals surface area contributed by atoms with Gasteiger partial charge in [0, 0.05) is 0 Å². The van der Waals surface area contributed by atoms with E-state index in [4.69, 9.17) is 5.11 Å². The maximum absolute atomic E-state index is 12.6. The summed E-state index contributed by atoms with van der Waals surface area (Å²) >= 11 is 0. The molecule has 0 saturated heterocycles. The molecule has 1 N–H and O–H groups in total. The van der Waals surface area contributed by atoms with E-state index in [1.54, 1.807) is 0 Å². The van der Waals surface area contributed by atoms with Crippen molar-refractivity contribution >= 4 is 11.9 Å². The molecule has 0 aromatic heterocycles. The number of halogens is 6. The van der Waals surface area contributed by atoms with Crippen LogP contribution in [0.4, 0.5) is 26.3 Å². The van der Waals surface area contributed by atoms with Gasteiger partial charge in [-0.3, -0.25) is 9.59 Å². The molecule has 0 atom stereocenters. The Hall–Kier alpha value is -1.48. The second kappa shape index (κ2) is 4.57. The molecule has 0 aromatic carbocycles. The SMILES string of the molecule is O=C(O)CC(OC(=O)C1CC1)(C(F)(F)F)C(F)(F)F. The molecule has 1 aliphatic carbocycles. The van der Waals surface area contributed by atoms with Crippen molar-refractivity contribution in [1.29, 1.82) is 0 Å². The fourth-order valence-electron chi connectivity index (χ4n) is 1.30. The quantitative estimate of drug-likeness (QED) is 0.638. The Morgan fingerprint density at radius 3 is 1.74 bits per heavy atom. The Labute approximate surface area is 102 Å². The molecular formula is C9H8F6O4. The Bertz CT molecular complexity index is 367.